The lowest BCUT2D eigenvalue weighted by Crippen LogP contribution is -2.38. The number of hydrogen-bond donors (Lipinski definition) is 2. The number of carboxylic acid groups (broad SMARTS) is 1. The van der Waals surface area contributed by atoms with Crippen molar-refractivity contribution < 1.29 is 14.7 Å². The van der Waals surface area contributed by atoms with Gasteiger partial charge >= 0.3 is 12.0 Å². The molecule has 1 atom stereocenters. The Morgan fingerprint density at radius 2 is 2.16 bits per heavy atom. The van der Waals surface area contributed by atoms with Gasteiger partial charge in [-0.3, -0.25) is 4.79 Å². The highest BCUT2D eigenvalue weighted by Crippen LogP contribution is 2.18. The number of carbonyl (C=O) groups excluding carboxylic acids is 1. The first-order valence-corrected chi connectivity index (χ1v) is 6.86. The Hall–Kier alpha value is -1.56. The summed E-state index contributed by atoms with van der Waals surface area (Å²) in [5.74, 6) is -1.27. The second-order valence-corrected chi connectivity index (χ2v) is 5.37. The van der Waals surface area contributed by atoms with Crippen LogP contribution in [0.25, 0.3) is 0 Å². The lowest BCUT2D eigenvalue weighted by molar-refractivity contribution is -0.141. The third-order valence-electron chi connectivity index (χ3n) is 3.21. The highest BCUT2D eigenvalue weighted by molar-refractivity contribution is 9.10. The number of hydrogen-bond acceptors (Lipinski definition) is 2. The lowest BCUT2D eigenvalue weighted by atomic mass is 10.1. The molecule has 0 bridgehead atoms. The average molecular weight is 327 g/mol. The predicted octanol–water partition coefficient (Wildman–Crippen LogP) is 2.07. The molecule has 1 aliphatic rings. The van der Waals surface area contributed by atoms with Crippen LogP contribution in [-0.2, 0) is 11.3 Å². The van der Waals surface area contributed by atoms with E-state index in [0.717, 1.165) is 10.0 Å². The van der Waals surface area contributed by atoms with Crippen LogP contribution in [0.3, 0.4) is 0 Å². The third-order valence-corrected chi connectivity index (χ3v) is 3.99. The third kappa shape index (κ3) is 3.47. The Balaban J connectivity index is 1.86. The van der Waals surface area contributed by atoms with Crippen molar-refractivity contribution in [1.29, 1.82) is 0 Å². The van der Waals surface area contributed by atoms with Crippen molar-refractivity contribution in [3.63, 3.8) is 0 Å². The first-order valence-electron chi connectivity index (χ1n) is 6.07. The fourth-order valence-corrected chi connectivity index (χ4v) is 2.50. The van der Waals surface area contributed by atoms with E-state index in [2.05, 4.69) is 21.2 Å². The molecule has 0 saturated carbocycles. The number of carbonyl (C=O) groups is 2. The smallest absolute Gasteiger partial charge is 0.317 e. The van der Waals surface area contributed by atoms with Crippen molar-refractivity contribution in [2.75, 3.05) is 13.1 Å². The maximum atomic E-state index is 11.9. The van der Waals surface area contributed by atoms with Crippen LogP contribution < -0.4 is 5.32 Å². The van der Waals surface area contributed by atoms with Gasteiger partial charge in [-0.1, -0.05) is 34.1 Å². The molecule has 1 aromatic rings. The summed E-state index contributed by atoms with van der Waals surface area (Å²) in [5, 5.41) is 11.7. The molecule has 1 aromatic carbocycles. The van der Waals surface area contributed by atoms with Gasteiger partial charge in [0.2, 0.25) is 0 Å². The summed E-state index contributed by atoms with van der Waals surface area (Å²) in [7, 11) is 0. The van der Waals surface area contributed by atoms with Crippen LogP contribution in [0.4, 0.5) is 4.79 Å². The molecule has 0 aromatic heterocycles. The zero-order valence-corrected chi connectivity index (χ0v) is 11.9. The zero-order valence-electron chi connectivity index (χ0n) is 10.3. The maximum Gasteiger partial charge on any atom is 0.317 e. The zero-order chi connectivity index (χ0) is 13.8. The number of benzene rings is 1. The average Bonchev–Trinajstić information content (AvgIpc) is 2.87. The van der Waals surface area contributed by atoms with E-state index in [1.165, 1.54) is 0 Å². The van der Waals surface area contributed by atoms with Gasteiger partial charge in [0.1, 0.15) is 0 Å². The van der Waals surface area contributed by atoms with Crippen LogP contribution in [0.2, 0.25) is 0 Å². The number of amides is 2. The summed E-state index contributed by atoms with van der Waals surface area (Å²) < 4.78 is 0.945. The molecule has 0 spiro atoms. The SMILES string of the molecule is O=C(O)C1CCN(C(=O)NCc2ccccc2Br)C1. The Morgan fingerprint density at radius 3 is 2.79 bits per heavy atom. The summed E-state index contributed by atoms with van der Waals surface area (Å²) >= 11 is 3.42. The normalized spacial score (nSPS) is 18.4. The van der Waals surface area contributed by atoms with E-state index in [4.69, 9.17) is 5.11 Å². The van der Waals surface area contributed by atoms with Crippen LogP contribution in [-0.4, -0.2) is 35.1 Å². The molecule has 2 rings (SSSR count). The molecule has 19 heavy (non-hydrogen) atoms. The Kier molecular flexibility index (Phi) is 4.42. The van der Waals surface area contributed by atoms with Gasteiger partial charge in [-0.2, -0.15) is 0 Å². The van der Waals surface area contributed by atoms with Crippen molar-refractivity contribution in [1.82, 2.24) is 10.2 Å². The molecule has 102 valence electrons. The van der Waals surface area contributed by atoms with E-state index < -0.39 is 11.9 Å². The molecule has 5 nitrogen and oxygen atoms in total. The fourth-order valence-electron chi connectivity index (χ4n) is 2.07. The monoisotopic (exact) mass is 326 g/mol. The van der Waals surface area contributed by atoms with Crippen molar-refractivity contribution in [3.8, 4) is 0 Å². The molecule has 2 N–H and O–H groups in total. The molecule has 1 unspecified atom stereocenters. The van der Waals surface area contributed by atoms with Gasteiger partial charge in [0.05, 0.1) is 5.92 Å². The Morgan fingerprint density at radius 1 is 1.42 bits per heavy atom. The largest absolute Gasteiger partial charge is 0.481 e. The van der Waals surface area contributed by atoms with E-state index in [-0.39, 0.29) is 12.6 Å². The predicted molar refractivity (Wildman–Crippen MR) is 73.7 cm³/mol. The minimum atomic E-state index is -0.832. The number of nitrogens with one attached hydrogen (secondary N) is 1. The molecule has 0 aliphatic carbocycles. The van der Waals surface area contributed by atoms with Gasteiger partial charge in [-0.25, -0.2) is 4.79 Å². The van der Waals surface area contributed by atoms with Crippen LogP contribution in [0.5, 0.6) is 0 Å². The molecule has 1 heterocycles. The summed E-state index contributed by atoms with van der Waals surface area (Å²) in [6, 6.07) is 7.45. The van der Waals surface area contributed by atoms with Crippen LogP contribution in [0.1, 0.15) is 12.0 Å². The Labute approximate surface area is 119 Å². The summed E-state index contributed by atoms with van der Waals surface area (Å²) in [5.41, 5.74) is 0.991. The van der Waals surface area contributed by atoms with Crippen LogP contribution >= 0.6 is 15.9 Å². The van der Waals surface area contributed by atoms with Crippen molar-refractivity contribution in [2.24, 2.45) is 5.92 Å². The van der Waals surface area contributed by atoms with Crippen LogP contribution in [0, 0.1) is 5.92 Å². The summed E-state index contributed by atoms with van der Waals surface area (Å²) in [4.78, 5) is 24.3. The molecule has 1 saturated heterocycles. The van der Waals surface area contributed by atoms with E-state index >= 15 is 0 Å². The summed E-state index contributed by atoms with van der Waals surface area (Å²) in [6.07, 6.45) is 0.526. The van der Waals surface area contributed by atoms with E-state index in [1.54, 1.807) is 4.90 Å². The van der Waals surface area contributed by atoms with Gasteiger partial charge in [-0.15, -0.1) is 0 Å². The number of aliphatic carboxylic acids is 1. The van der Waals surface area contributed by atoms with E-state index in [0.29, 0.717) is 19.5 Å². The van der Waals surface area contributed by atoms with Gasteiger partial charge < -0.3 is 15.3 Å². The van der Waals surface area contributed by atoms with Crippen molar-refractivity contribution >= 4 is 27.9 Å². The minimum absolute atomic E-state index is 0.209. The minimum Gasteiger partial charge on any atom is -0.481 e. The number of likely N-dealkylation sites (tertiary alicyclic amines) is 1. The van der Waals surface area contributed by atoms with E-state index in [1.807, 2.05) is 24.3 Å². The van der Waals surface area contributed by atoms with Gasteiger partial charge in [0, 0.05) is 24.1 Å². The molecular weight excluding hydrogens is 312 g/mol. The first kappa shape index (κ1) is 13.9. The van der Waals surface area contributed by atoms with Gasteiger partial charge in [0.15, 0.2) is 0 Å². The first-order chi connectivity index (χ1) is 9.08. The van der Waals surface area contributed by atoms with E-state index in [9.17, 15) is 9.59 Å². The second kappa shape index (κ2) is 6.06. The van der Waals surface area contributed by atoms with Gasteiger partial charge in [0.25, 0.3) is 0 Å². The molecule has 6 heteroatoms. The number of rotatable bonds is 3. The standard InChI is InChI=1S/C13H15BrN2O3/c14-11-4-2-1-3-9(11)7-15-13(19)16-6-5-10(8-16)12(17)18/h1-4,10H,5-8H2,(H,15,19)(H,17,18). The number of halogens is 1. The molecule has 0 radical (unpaired) electrons. The highest BCUT2D eigenvalue weighted by atomic mass is 79.9. The fraction of sp³-hybridized carbons (Fsp3) is 0.385. The van der Waals surface area contributed by atoms with Crippen LogP contribution in [0.15, 0.2) is 28.7 Å². The molecule has 2 amide bonds. The topological polar surface area (TPSA) is 69.6 Å². The molecule has 1 aliphatic heterocycles. The maximum absolute atomic E-state index is 11.9. The second-order valence-electron chi connectivity index (χ2n) is 4.52. The number of carboxylic acids is 1. The number of urea groups is 1. The van der Waals surface area contributed by atoms with Crippen molar-refractivity contribution in [3.05, 3.63) is 34.3 Å². The van der Waals surface area contributed by atoms with Crippen molar-refractivity contribution in [2.45, 2.75) is 13.0 Å². The quantitative estimate of drug-likeness (QED) is 0.893. The molecular formula is C13H15BrN2O3. The molecule has 1 fully saturated rings. The lowest BCUT2D eigenvalue weighted by Gasteiger charge is -2.17. The highest BCUT2D eigenvalue weighted by Gasteiger charge is 2.30. The number of nitrogens with zero attached hydrogens (tertiary/aromatic N) is 1. The Bertz CT molecular complexity index is 493. The summed E-state index contributed by atoms with van der Waals surface area (Å²) in [6.45, 7) is 1.21. The van der Waals surface area contributed by atoms with Gasteiger partial charge in [-0.05, 0) is 18.1 Å².